The van der Waals surface area contributed by atoms with E-state index in [0.29, 0.717) is 5.02 Å². The highest BCUT2D eigenvalue weighted by Crippen LogP contribution is 2.42. The van der Waals surface area contributed by atoms with Gasteiger partial charge in [-0.05, 0) is 33.8 Å². The van der Waals surface area contributed by atoms with Crippen molar-refractivity contribution in [2.45, 2.75) is 33.3 Å². The molecular formula is C10H14BrClOS. The van der Waals surface area contributed by atoms with Crippen molar-refractivity contribution >= 4 is 38.9 Å². The second kappa shape index (κ2) is 4.52. The number of hydrogen-bond acceptors (Lipinski definition) is 2. The van der Waals surface area contributed by atoms with E-state index in [0.717, 1.165) is 15.1 Å². The van der Waals surface area contributed by atoms with Gasteiger partial charge in [-0.1, -0.05) is 32.4 Å². The molecule has 0 aliphatic carbocycles. The van der Waals surface area contributed by atoms with Crippen molar-refractivity contribution in [2.75, 3.05) is 0 Å². The van der Waals surface area contributed by atoms with Crippen molar-refractivity contribution in [3.63, 3.8) is 0 Å². The Labute approximate surface area is 102 Å². The van der Waals surface area contributed by atoms with Crippen LogP contribution in [0.1, 0.15) is 38.2 Å². The first kappa shape index (κ1) is 12.5. The minimum Gasteiger partial charge on any atom is -0.387 e. The maximum Gasteiger partial charge on any atom is 0.0933 e. The van der Waals surface area contributed by atoms with E-state index in [9.17, 15) is 5.11 Å². The Morgan fingerprint density at radius 3 is 2.57 bits per heavy atom. The summed E-state index contributed by atoms with van der Waals surface area (Å²) in [5, 5.41) is 10.8. The topological polar surface area (TPSA) is 20.2 Å². The third-order valence-corrected chi connectivity index (χ3v) is 5.11. The van der Waals surface area contributed by atoms with E-state index < -0.39 is 6.10 Å². The first-order valence-electron chi connectivity index (χ1n) is 4.51. The minimum absolute atomic E-state index is 0.104. The van der Waals surface area contributed by atoms with E-state index >= 15 is 0 Å². The van der Waals surface area contributed by atoms with Gasteiger partial charge in [-0.25, -0.2) is 0 Å². The molecule has 0 radical (unpaired) electrons. The summed E-state index contributed by atoms with van der Waals surface area (Å²) in [6, 6.07) is 1.83. The fourth-order valence-corrected chi connectivity index (χ4v) is 3.02. The molecule has 80 valence electrons. The van der Waals surface area contributed by atoms with Gasteiger partial charge in [0.2, 0.25) is 0 Å². The van der Waals surface area contributed by atoms with E-state index in [2.05, 4.69) is 36.7 Å². The van der Waals surface area contributed by atoms with Crippen molar-refractivity contribution < 1.29 is 5.11 Å². The molecule has 1 aromatic heterocycles. The first-order valence-corrected chi connectivity index (χ1v) is 6.50. The van der Waals surface area contributed by atoms with Gasteiger partial charge in [-0.3, -0.25) is 0 Å². The summed E-state index contributed by atoms with van der Waals surface area (Å²) in [5.74, 6) is 0. The second-order valence-corrected chi connectivity index (χ2v) is 6.82. The van der Waals surface area contributed by atoms with Crippen LogP contribution >= 0.6 is 38.9 Å². The van der Waals surface area contributed by atoms with Crippen LogP contribution in [0.3, 0.4) is 0 Å². The summed E-state index contributed by atoms with van der Waals surface area (Å²) in [6.07, 6.45) is 0.489. The SMILES string of the molecule is CCC(C)(C)C(O)c1cc(Cl)c(Br)s1. The molecule has 0 saturated carbocycles. The van der Waals surface area contributed by atoms with Crippen LogP contribution in [-0.4, -0.2) is 5.11 Å². The lowest BCUT2D eigenvalue weighted by Gasteiger charge is -2.28. The highest BCUT2D eigenvalue weighted by molar-refractivity contribution is 9.11. The van der Waals surface area contributed by atoms with Crippen LogP contribution in [0.5, 0.6) is 0 Å². The van der Waals surface area contributed by atoms with Crippen LogP contribution in [0.2, 0.25) is 5.02 Å². The van der Waals surface area contributed by atoms with Crippen molar-refractivity contribution in [1.82, 2.24) is 0 Å². The van der Waals surface area contributed by atoms with E-state index in [4.69, 9.17) is 11.6 Å². The summed E-state index contributed by atoms with van der Waals surface area (Å²) in [5.41, 5.74) is -0.104. The maximum absolute atomic E-state index is 10.1. The van der Waals surface area contributed by atoms with Crippen LogP contribution in [-0.2, 0) is 0 Å². The molecule has 1 aromatic rings. The Morgan fingerprint density at radius 1 is 1.64 bits per heavy atom. The Bertz CT molecular complexity index is 302. The molecule has 0 aromatic carbocycles. The summed E-state index contributed by atoms with van der Waals surface area (Å²) < 4.78 is 0.889. The molecule has 0 aliphatic heterocycles. The Morgan fingerprint density at radius 2 is 2.21 bits per heavy atom. The summed E-state index contributed by atoms with van der Waals surface area (Å²) in [7, 11) is 0. The second-order valence-electron chi connectivity index (χ2n) is 4.02. The van der Waals surface area contributed by atoms with Crippen LogP contribution in [0.4, 0.5) is 0 Å². The molecule has 1 heterocycles. The third kappa shape index (κ3) is 2.51. The Kier molecular flexibility index (Phi) is 4.03. The van der Waals surface area contributed by atoms with Gasteiger partial charge < -0.3 is 5.11 Å². The number of rotatable bonds is 3. The molecule has 0 spiro atoms. The molecule has 1 nitrogen and oxygen atoms in total. The Hall–Kier alpha value is 0.430. The van der Waals surface area contributed by atoms with Crippen LogP contribution < -0.4 is 0 Å². The van der Waals surface area contributed by atoms with Crippen molar-refractivity contribution in [2.24, 2.45) is 5.41 Å². The lowest BCUT2D eigenvalue weighted by Crippen LogP contribution is -2.19. The smallest absolute Gasteiger partial charge is 0.0933 e. The highest BCUT2D eigenvalue weighted by atomic mass is 79.9. The fourth-order valence-electron chi connectivity index (χ4n) is 1.08. The van der Waals surface area contributed by atoms with Gasteiger partial charge in [-0.2, -0.15) is 0 Å². The average Bonchev–Trinajstić information content (AvgIpc) is 2.45. The lowest BCUT2D eigenvalue weighted by molar-refractivity contribution is 0.0495. The third-order valence-electron chi connectivity index (χ3n) is 2.59. The minimum atomic E-state index is -0.443. The van der Waals surface area contributed by atoms with E-state index in [1.165, 1.54) is 11.3 Å². The largest absolute Gasteiger partial charge is 0.387 e. The van der Waals surface area contributed by atoms with Crippen molar-refractivity contribution in [3.05, 3.63) is 19.8 Å². The van der Waals surface area contributed by atoms with Gasteiger partial charge in [0.15, 0.2) is 0 Å². The molecule has 0 bridgehead atoms. The van der Waals surface area contributed by atoms with Crippen molar-refractivity contribution in [1.29, 1.82) is 0 Å². The predicted molar refractivity (Wildman–Crippen MR) is 66.1 cm³/mol. The first-order chi connectivity index (χ1) is 6.38. The number of aliphatic hydroxyl groups is 1. The van der Waals surface area contributed by atoms with Gasteiger partial charge in [0.25, 0.3) is 0 Å². The molecule has 1 atom stereocenters. The van der Waals surface area contributed by atoms with Gasteiger partial charge in [0, 0.05) is 4.88 Å². The number of hydrogen-bond donors (Lipinski definition) is 1. The normalized spacial score (nSPS) is 14.4. The zero-order chi connectivity index (χ0) is 10.9. The molecule has 14 heavy (non-hydrogen) atoms. The van der Waals surface area contributed by atoms with Crippen LogP contribution in [0.15, 0.2) is 9.85 Å². The molecule has 1 rings (SSSR count). The lowest BCUT2D eigenvalue weighted by atomic mass is 9.83. The highest BCUT2D eigenvalue weighted by Gasteiger charge is 2.28. The Balaban J connectivity index is 2.94. The summed E-state index contributed by atoms with van der Waals surface area (Å²) in [6.45, 7) is 6.19. The number of thiophene rings is 1. The maximum atomic E-state index is 10.1. The monoisotopic (exact) mass is 296 g/mol. The number of halogens is 2. The van der Waals surface area contributed by atoms with Gasteiger partial charge in [-0.15, -0.1) is 11.3 Å². The van der Waals surface area contributed by atoms with E-state index in [1.807, 2.05) is 6.07 Å². The molecule has 1 N–H and O–H groups in total. The van der Waals surface area contributed by atoms with Gasteiger partial charge in [0.1, 0.15) is 0 Å². The molecule has 4 heteroatoms. The average molecular weight is 298 g/mol. The van der Waals surface area contributed by atoms with Crippen LogP contribution in [0, 0.1) is 5.41 Å². The van der Waals surface area contributed by atoms with E-state index in [-0.39, 0.29) is 5.41 Å². The summed E-state index contributed by atoms with van der Waals surface area (Å²) in [4.78, 5) is 0.925. The number of aliphatic hydroxyl groups excluding tert-OH is 1. The zero-order valence-corrected chi connectivity index (χ0v) is 11.6. The van der Waals surface area contributed by atoms with Gasteiger partial charge >= 0.3 is 0 Å². The van der Waals surface area contributed by atoms with E-state index in [1.54, 1.807) is 0 Å². The quantitative estimate of drug-likeness (QED) is 0.862. The molecule has 0 aliphatic rings. The zero-order valence-electron chi connectivity index (χ0n) is 8.47. The fraction of sp³-hybridized carbons (Fsp3) is 0.600. The molecule has 1 unspecified atom stereocenters. The molecular weight excluding hydrogens is 284 g/mol. The van der Waals surface area contributed by atoms with Crippen LogP contribution in [0.25, 0.3) is 0 Å². The molecule has 0 saturated heterocycles. The molecule has 0 fully saturated rings. The van der Waals surface area contributed by atoms with Gasteiger partial charge in [0.05, 0.1) is 14.9 Å². The summed E-state index contributed by atoms with van der Waals surface area (Å²) >= 11 is 10.8. The van der Waals surface area contributed by atoms with Crippen molar-refractivity contribution in [3.8, 4) is 0 Å². The molecule has 0 amide bonds. The predicted octanol–water partition coefficient (Wildman–Crippen LogP) is 4.63. The standard InChI is InChI=1S/C10H14BrClOS/c1-4-10(2,3)8(13)7-5-6(12)9(11)14-7/h5,8,13H,4H2,1-3H3.